The Morgan fingerprint density at radius 2 is 2.19 bits per heavy atom. The quantitative estimate of drug-likeness (QED) is 0.641. The fraction of sp³-hybridized carbons (Fsp3) is 0.357. The standard InChI is InChI=1S/C14H17N3O3Si/c1-21(2,3)7-6-19-14(18)20-17-10-16-12-8-11(9-15)4-5-13(12)17/h4-5,8,10H,6-7H2,1-3H3. The summed E-state index contributed by atoms with van der Waals surface area (Å²) in [5, 5.41) is 8.83. The number of carbonyl (C=O) groups is 1. The van der Waals surface area contributed by atoms with Crippen LogP contribution >= 0.6 is 0 Å². The Balaban J connectivity index is 2.00. The molecule has 7 heteroatoms. The molecule has 21 heavy (non-hydrogen) atoms. The van der Waals surface area contributed by atoms with Gasteiger partial charge in [-0.15, -0.1) is 0 Å². The van der Waals surface area contributed by atoms with Gasteiger partial charge in [-0.3, -0.25) is 4.84 Å². The zero-order chi connectivity index (χ0) is 15.5. The molecule has 1 heterocycles. The Hall–Kier alpha value is -2.33. The number of hydrogen-bond donors (Lipinski definition) is 0. The fourth-order valence-electron chi connectivity index (χ4n) is 1.68. The van der Waals surface area contributed by atoms with Crippen molar-refractivity contribution in [3.8, 4) is 6.07 Å². The van der Waals surface area contributed by atoms with E-state index in [0.29, 0.717) is 23.2 Å². The summed E-state index contributed by atoms with van der Waals surface area (Å²) in [6.07, 6.45) is 0.628. The Morgan fingerprint density at radius 3 is 2.86 bits per heavy atom. The van der Waals surface area contributed by atoms with Crippen LogP contribution in [0.2, 0.25) is 25.7 Å². The summed E-state index contributed by atoms with van der Waals surface area (Å²) in [5.41, 5.74) is 1.70. The van der Waals surface area contributed by atoms with E-state index < -0.39 is 14.2 Å². The van der Waals surface area contributed by atoms with E-state index in [0.717, 1.165) is 6.04 Å². The predicted octanol–water partition coefficient (Wildman–Crippen LogP) is 2.81. The first-order chi connectivity index (χ1) is 9.89. The first-order valence-electron chi connectivity index (χ1n) is 6.61. The SMILES string of the molecule is C[Si](C)(C)CCOC(=O)On1cnc2cc(C#N)ccc21. The molecule has 0 bridgehead atoms. The molecule has 0 spiro atoms. The Kier molecular flexibility index (Phi) is 4.28. The second-order valence-corrected chi connectivity index (χ2v) is 11.5. The van der Waals surface area contributed by atoms with Gasteiger partial charge < -0.3 is 4.74 Å². The van der Waals surface area contributed by atoms with Gasteiger partial charge in [0.05, 0.1) is 23.8 Å². The van der Waals surface area contributed by atoms with Crippen LogP contribution in [0.4, 0.5) is 4.79 Å². The highest BCUT2D eigenvalue weighted by Crippen LogP contribution is 2.14. The number of ether oxygens (including phenoxy) is 1. The third-order valence-electron chi connectivity index (χ3n) is 2.89. The maximum atomic E-state index is 11.6. The lowest BCUT2D eigenvalue weighted by atomic mass is 10.2. The molecule has 2 aromatic rings. The van der Waals surface area contributed by atoms with E-state index in [2.05, 4.69) is 24.6 Å². The summed E-state index contributed by atoms with van der Waals surface area (Å²) in [7, 11) is -1.24. The lowest BCUT2D eigenvalue weighted by molar-refractivity contribution is 0.0545. The minimum absolute atomic E-state index is 0.361. The molecule has 0 N–H and O–H groups in total. The van der Waals surface area contributed by atoms with Crippen molar-refractivity contribution in [2.75, 3.05) is 6.61 Å². The smallest absolute Gasteiger partial charge is 0.433 e. The Labute approximate surface area is 123 Å². The predicted molar refractivity (Wildman–Crippen MR) is 80.5 cm³/mol. The van der Waals surface area contributed by atoms with Crippen LogP contribution in [0.5, 0.6) is 0 Å². The average Bonchev–Trinajstić information content (AvgIpc) is 2.79. The molecule has 0 atom stereocenters. The van der Waals surface area contributed by atoms with Gasteiger partial charge in [0.1, 0.15) is 11.8 Å². The zero-order valence-electron chi connectivity index (χ0n) is 12.3. The van der Waals surface area contributed by atoms with Crippen molar-refractivity contribution >= 4 is 25.3 Å². The van der Waals surface area contributed by atoms with E-state index in [-0.39, 0.29) is 0 Å². The van der Waals surface area contributed by atoms with Gasteiger partial charge in [-0.05, 0) is 24.2 Å². The Bertz CT molecular complexity index is 698. The summed E-state index contributed by atoms with van der Waals surface area (Å²) < 4.78 is 6.30. The number of aromatic nitrogens is 2. The molecule has 0 amide bonds. The van der Waals surface area contributed by atoms with Crippen molar-refractivity contribution in [1.82, 2.24) is 9.71 Å². The molecule has 6 nitrogen and oxygen atoms in total. The number of nitriles is 1. The fourth-order valence-corrected chi connectivity index (χ4v) is 2.39. The van der Waals surface area contributed by atoms with Gasteiger partial charge in [0.2, 0.25) is 0 Å². The topological polar surface area (TPSA) is 77.1 Å². The maximum absolute atomic E-state index is 11.6. The highest BCUT2D eigenvalue weighted by molar-refractivity contribution is 6.76. The molecule has 0 saturated carbocycles. The molecule has 0 unspecified atom stereocenters. The molecule has 0 radical (unpaired) electrons. The first kappa shape index (κ1) is 15.1. The molecular formula is C14H17N3O3Si. The lowest BCUT2D eigenvalue weighted by Crippen LogP contribution is -2.25. The third-order valence-corrected chi connectivity index (χ3v) is 4.59. The van der Waals surface area contributed by atoms with Crippen LogP contribution < -0.4 is 4.84 Å². The van der Waals surface area contributed by atoms with Gasteiger partial charge in [0.15, 0.2) is 0 Å². The van der Waals surface area contributed by atoms with E-state index in [4.69, 9.17) is 14.8 Å². The van der Waals surface area contributed by atoms with Crippen molar-refractivity contribution < 1.29 is 14.4 Å². The molecule has 110 valence electrons. The molecule has 0 aliphatic heterocycles. The van der Waals surface area contributed by atoms with Crippen LogP contribution in [0.25, 0.3) is 11.0 Å². The van der Waals surface area contributed by atoms with Crippen molar-refractivity contribution in [3.63, 3.8) is 0 Å². The van der Waals surface area contributed by atoms with Crippen LogP contribution in [0.3, 0.4) is 0 Å². The largest absolute Gasteiger partial charge is 0.533 e. The number of carbonyl (C=O) groups excluding carboxylic acids is 1. The molecular weight excluding hydrogens is 286 g/mol. The van der Waals surface area contributed by atoms with Crippen LogP contribution in [-0.2, 0) is 4.74 Å². The highest BCUT2D eigenvalue weighted by atomic mass is 28.3. The van der Waals surface area contributed by atoms with Gasteiger partial charge in [0, 0.05) is 8.07 Å². The normalized spacial score (nSPS) is 11.1. The monoisotopic (exact) mass is 303 g/mol. The molecule has 0 fully saturated rings. The second kappa shape index (κ2) is 5.97. The molecule has 0 aliphatic rings. The van der Waals surface area contributed by atoms with Crippen molar-refractivity contribution in [1.29, 1.82) is 5.26 Å². The summed E-state index contributed by atoms with van der Waals surface area (Å²) >= 11 is 0. The summed E-state index contributed by atoms with van der Waals surface area (Å²) in [4.78, 5) is 20.8. The van der Waals surface area contributed by atoms with Gasteiger partial charge in [-0.25, -0.2) is 9.78 Å². The van der Waals surface area contributed by atoms with Crippen LogP contribution in [-0.4, -0.2) is 30.6 Å². The minimum Gasteiger partial charge on any atom is -0.433 e. The second-order valence-electron chi connectivity index (χ2n) is 5.89. The van der Waals surface area contributed by atoms with Crippen molar-refractivity contribution in [3.05, 3.63) is 30.1 Å². The summed E-state index contributed by atoms with van der Waals surface area (Å²) in [6.45, 7) is 6.98. The lowest BCUT2D eigenvalue weighted by Gasteiger charge is -2.14. The Morgan fingerprint density at radius 1 is 1.43 bits per heavy atom. The van der Waals surface area contributed by atoms with E-state index in [9.17, 15) is 4.79 Å². The van der Waals surface area contributed by atoms with Gasteiger partial charge in [0.25, 0.3) is 0 Å². The number of fused-ring (bicyclic) bond motifs is 1. The minimum atomic E-state index is -1.24. The highest BCUT2D eigenvalue weighted by Gasteiger charge is 2.15. The van der Waals surface area contributed by atoms with E-state index in [1.807, 2.05) is 6.07 Å². The molecule has 0 aliphatic carbocycles. The molecule has 2 rings (SSSR count). The van der Waals surface area contributed by atoms with Gasteiger partial charge in [-0.2, -0.15) is 9.99 Å². The number of imidazole rings is 1. The molecule has 1 aromatic carbocycles. The summed E-state index contributed by atoms with van der Waals surface area (Å²) in [6, 6.07) is 7.87. The number of hydrogen-bond acceptors (Lipinski definition) is 5. The summed E-state index contributed by atoms with van der Waals surface area (Å²) in [5.74, 6) is 0. The third kappa shape index (κ3) is 4.06. The van der Waals surface area contributed by atoms with Gasteiger partial charge >= 0.3 is 6.16 Å². The van der Waals surface area contributed by atoms with Crippen LogP contribution in [0.15, 0.2) is 24.5 Å². The molecule has 0 saturated heterocycles. The van der Waals surface area contributed by atoms with E-state index >= 15 is 0 Å². The first-order valence-corrected chi connectivity index (χ1v) is 10.3. The number of rotatable bonds is 4. The van der Waals surface area contributed by atoms with Crippen LogP contribution in [0, 0.1) is 11.3 Å². The van der Waals surface area contributed by atoms with Crippen molar-refractivity contribution in [2.45, 2.75) is 25.7 Å². The van der Waals surface area contributed by atoms with Crippen LogP contribution in [0.1, 0.15) is 5.56 Å². The van der Waals surface area contributed by atoms with Crippen molar-refractivity contribution in [2.24, 2.45) is 0 Å². The zero-order valence-corrected chi connectivity index (χ0v) is 13.3. The van der Waals surface area contributed by atoms with E-state index in [1.165, 1.54) is 11.1 Å². The number of benzene rings is 1. The average molecular weight is 303 g/mol. The maximum Gasteiger partial charge on any atom is 0.533 e. The number of nitrogens with zero attached hydrogens (tertiary/aromatic N) is 3. The molecule has 1 aromatic heterocycles. The van der Waals surface area contributed by atoms with E-state index in [1.54, 1.807) is 18.2 Å². The van der Waals surface area contributed by atoms with Gasteiger partial charge in [-0.1, -0.05) is 19.6 Å².